The van der Waals surface area contributed by atoms with Gasteiger partial charge in [-0.15, -0.1) is 0 Å². The molecule has 1 unspecified atom stereocenters. The Bertz CT molecular complexity index is 1190. The summed E-state index contributed by atoms with van der Waals surface area (Å²) in [6.45, 7) is 6.12. The molecule has 2 aromatic carbocycles. The van der Waals surface area contributed by atoms with Crippen molar-refractivity contribution in [3.05, 3.63) is 64.2 Å². The summed E-state index contributed by atoms with van der Waals surface area (Å²) in [6, 6.07) is 9.97. The minimum atomic E-state index is -0.485. The minimum Gasteiger partial charge on any atom is -0.495 e. The SMILES string of the molecule is COc1c2c(cc3c1C(c1ccc(C(C)C)cc1)CC(=O)O3)/C=C/CCCC(=O)CCC[C@H](C)OC2=O. The zero-order chi connectivity index (χ0) is 26.5. The first kappa shape index (κ1) is 26.6. The first-order valence-electron chi connectivity index (χ1n) is 13.2. The molecule has 0 aliphatic carbocycles. The second-order valence-corrected chi connectivity index (χ2v) is 10.3. The highest BCUT2D eigenvalue weighted by molar-refractivity contribution is 5.99. The molecule has 2 aliphatic heterocycles. The summed E-state index contributed by atoms with van der Waals surface area (Å²) >= 11 is 0. The fourth-order valence-corrected chi connectivity index (χ4v) is 5.11. The number of hydrogen-bond donors (Lipinski definition) is 0. The number of benzene rings is 2. The molecule has 2 heterocycles. The summed E-state index contributed by atoms with van der Waals surface area (Å²) in [6.07, 6.45) is 7.34. The number of ketones is 1. The maximum Gasteiger partial charge on any atom is 0.342 e. The van der Waals surface area contributed by atoms with E-state index >= 15 is 0 Å². The lowest BCUT2D eigenvalue weighted by Crippen LogP contribution is -2.24. The third kappa shape index (κ3) is 6.12. The van der Waals surface area contributed by atoms with Crippen molar-refractivity contribution in [3.63, 3.8) is 0 Å². The number of cyclic esters (lactones) is 1. The molecule has 37 heavy (non-hydrogen) atoms. The maximum atomic E-state index is 13.5. The van der Waals surface area contributed by atoms with E-state index in [0.717, 1.165) is 12.0 Å². The molecule has 4 rings (SSSR count). The minimum absolute atomic E-state index is 0.151. The van der Waals surface area contributed by atoms with E-state index in [4.69, 9.17) is 14.2 Å². The number of allylic oxidation sites excluding steroid dienone is 1. The molecule has 0 bridgehead atoms. The molecule has 196 valence electrons. The summed E-state index contributed by atoms with van der Waals surface area (Å²) in [5.41, 5.74) is 3.76. The number of fused-ring (bicyclic) bond motifs is 2. The number of ether oxygens (including phenoxy) is 3. The smallest absolute Gasteiger partial charge is 0.342 e. The fourth-order valence-electron chi connectivity index (χ4n) is 5.11. The molecule has 0 spiro atoms. The Morgan fingerprint density at radius 2 is 1.76 bits per heavy atom. The molecule has 6 heteroatoms. The predicted molar refractivity (Wildman–Crippen MR) is 142 cm³/mol. The highest BCUT2D eigenvalue weighted by Crippen LogP contribution is 2.47. The highest BCUT2D eigenvalue weighted by Gasteiger charge is 2.36. The number of Topliss-reactive ketones (excluding diaryl/α,β-unsaturated/α-hetero) is 1. The molecular formula is C31H36O6. The van der Waals surface area contributed by atoms with E-state index in [-0.39, 0.29) is 30.2 Å². The van der Waals surface area contributed by atoms with E-state index in [1.165, 1.54) is 12.7 Å². The van der Waals surface area contributed by atoms with E-state index in [1.54, 1.807) is 6.07 Å². The zero-order valence-electron chi connectivity index (χ0n) is 22.2. The molecule has 0 radical (unpaired) electrons. The average Bonchev–Trinajstić information content (AvgIpc) is 2.86. The molecule has 0 saturated carbocycles. The lowest BCUT2D eigenvalue weighted by atomic mass is 9.83. The Hall–Kier alpha value is -3.41. The number of esters is 2. The Morgan fingerprint density at radius 1 is 1.03 bits per heavy atom. The zero-order valence-corrected chi connectivity index (χ0v) is 22.2. The largest absolute Gasteiger partial charge is 0.495 e. The Morgan fingerprint density at radius 3 is 2.46 bits per heavy atom. The number of carbonyl (C=O) groups is 3. The van der Waals surface area contributed by atoms with Gasteiger partial charge in [0.05, 0.1) is 19.6 Å². The van der Waals surface area contributed by atoms with Crippen LogP contribution in [-0.2, 0) is 14.3 Å². The first-order chi connectivity index (χ1) is 17.8. The van der Waals surface area contributed by atoms with Gasteiger partial charge in [0.1, 0.15) is 22.8 Å². The lowest BCUT2D eigenvalue weighted by Gasteiger charge is -2.29. The maximum absolute atomic E-state index is 13.5. The van der Waals surface area contributed by atoms with Crippen LogP contribution in [0.1, 0.15) is 110 Å². The van der Waals surface area contributed by atoms with Gasteiger partial charge in [-0.2, -0.15) is 0 Å². The average molecular weight is 505 g/mol. The lowest BCUT2D eigenvalue weighted by molar-refractivity contribution is -0.135. The van der Waals surface area contributed by atoms with Gasteiger partial charge in [-0.1, -0.05) is 50.3 Å². The van der Waals surface area contributed by atoms with Crippen LogP contribution < -0.4 is 9.47 Å². The van der Waals surface area contributed by atoms with Crippen molar-refractivity contribution in [1.29, 1.82) is 0 Å². The van der Waals surface area contributed by atoms with Crippen molar-refractivity contribution < 1.29 is 28.6 Å². The summed E-state index contributed by atoms with van der Waals surface area (Å²) < 4.78 is 17.4. The van der Waals surface area contributed by atoms with Crippen LogP contribution in [0.4, 0.5) is 0 Å². The Balaban J connectivity index is 1.83. The van der Waals surface area contributed by atoms with Crippen molar-refractivity contribution in [3.8, 4) is 11.5 Å². The number of hydrogen-bond acceptors (Lipinski definition) is 6. The molecule has 2 aromatic rings. The van der Waals surface area contributed by atoms with Gasteiger partial charge < -0.3 is 14.2 Å². The van der Waals surface area contributed by atoms with Gasteiger partial charge in [-0.05, 0) is 61.3 Å². The standard InChI is InChI=1S/C31H36O6/c1-19(2)21-13-15-22(16-14-21)25-18-27(33)37-26-17-23-10-6-5-7-11-24(32)12-8-9-20(3)36-31(34)28(23)30(35-4)29(25)26/h6,10,13-17,19-20,25H,5,7-9,11-12,18H2,1-4H3/b10-6+/t20-,25?/m0/s1. The Kier molecular flexibility index (Phi) is 8.47. The summed E-state index contributed by atoms with van der Waals surface area (Å²) in [5, 5.41) is 0. The van der Waals surface area contributed by atoms with Crippen LogP contribution in [-0.4, -0.2) is 30.9 Å². The molecule has 0 fully saturated rings. The number of rotatable bonds is 3. The topological polar surface area (TPSA) is 78.9 Å². The van der Waals surface area contributed by atoms with Crippen LogP contribution in [0, 0.1) is 0 Å². The quantitative estimate of drug-likeness (QED) is 0.340. The molecule has 0 amide bonds. The van der Waals surface area contributed by atoms with Gasteiger partial charge in [0, 0.05) is 24.3 Å². The molecule has 0 saturated heterocycles. The number of carbonyl (C=O) groups excluding carboxylic acids is 3. The van der Waals surface area contributed by atoms with Crippen molar-refractivity contribution in [2.45, 2.75) is 83.7 Å². The number of methoxy groups -OCH3 is 1. The predicted octanol–water partition coefficient (Wildman–Crippen LogP) is 6.74. The van der Waals surface area contributed by atoms with E-state index < -0.39 is 5.97 Å². The monoisotopic (exact) mass is 504 g/mol. The van der Waals surface area contributed by atoms with Crippen molar-refractivity contribution in [2.75, 3.05) is 7.11 Å². The third-order valence-corrected chi connectivity index (χ3v) is 7.17. The third-order valence-electron chi connectivity index (χ3n) is 7.17. The first-order valence-corrected chi connectivity index (χ1v) is 13.2. The van der Waals surface area contributed by atoms with E-state index in [0.29, 0.717) is 66.2 Å². The molecular weight excluding hydrogens is 468 g/mol. The summed E-state index contributed by atoms with van der Waals surface area (Å²) in [7, 11) is 1.53. The van der Waals surface area contributed by atoms with E-state index in [9.17, 15) is 14.4 Å². The van der Waals surface area contributed by atoms with Gasteiger partial charge in [0.2, 0.25) is 0 Å². The molecule has 2 aliphatic rings. The summed E-state index contributed by atoms with van der Waals surface area (Å²) in [5.74, 6) is 0.274. The van der Waals surface area contributed by atoms with Crippen LogP contribution in [0.25, 0.3) is 6.08 Å². The van der Waals surface area contributed by atoms with Crippen LogP contribution in [0.2, 0.25) is 0 Å². The molecule has 6 nitrogen and oxygen atoms in total. The second-order valence-electron chi connectivity index (χ2n) is 10.3. The Labute approximate surface area is 219 Å². The normalized spacial score (nSPS) is 21.8. The van der Waals surface area contributed by atoms with Gasteiger partial charge in [0.25, 0.3) is 0 Å². The van der Waals surface area contributed by atoms with Gasteiger partial charge in [-0.25, -0.2) is 4.79 Å². The van der Waals surface area contributed by atoms with Crippen LogP contribution in [0.3, 0.4) is 0 Å². The van der Waals surface area contributed by atoms with Crippen molar-refractivity contribution in [2.24, 2.45) is 0 Å². The van der Waals surface area contributed by atoms with Gasteiger partial charge in [-0.3, -0.25) is 9.59 Å². The van der Waals surface area contributed by atoms with Crippen LogP contribution >= 0.6 is 0 Å². The summed E-state index contributed by atoms with van der Waals surface area (Å²) in [4.78, 5) is 38.3. The van der Waals surface area contributed by atoms with Crippen LogP contribution in [0.15, 0.2) is 36.4 Å². The van der Waals surface area contributed by atoms with Gasteiger partial charge >= 0.3 is 11.9 Å². The fraction of sp³-hybridized carbons (Fsp3) is 0.452. The molecule has 0 aromatic heterocycles. The van der Waals surface area contributed by atoms with Crippen molar-refractivity contribution in [1.82, 2.24) is 0 Å². The highest BCUT2D eigenvalue weighted by atomic mass is 16.5. The molecule has 0 N–H and O–H groups in total. The molecule has 2 atom stereocenters. The van der Waals surface area contributed by atoms with E-state index in [2.05, 4.69) is 26.0 Å². The van der Waals surface area contributed by atoms with Crippen molar-refractivity contribution >= 4 is 23.8 Å². The van der Waals surface area contributed by atoms with E-state index in [1.807, 2.05) is 31.2 Å². The van der Waals surface area contributed by atoms with Gasteiger partial charge in [0.15, 0.2) is 0 Å². The second kappa shape index (κ2) is 11.8. The van der Waals surface area contributed by atoms with Crippen LogP contribution in [0.5, 0.6) is 11.5 Å².